The lowest BCUT2D eigenvalue weighted by Crippen LogP contribution is -2.62. The Labute approximate surface area is 474 Å². The second-order valence-corrected chi connectivity index (χ2v) is 29.1. The fourth-order valence-electron chi connectivity index (χ4n) is 11.4. The number of Topliss-reactive ketones (excluding diaryl/α,β-unsaturated/α-hetero) is 2. The number of rotatable bonds is 17. The van der Waals surface area contributed by atoms with Crippen LogP contribution in [0.4, 0.5) is 5.69 Å². The molecule has 0 unspecified atom stereocenters. The number of carbonyl (C=O) groups is 4. The molecule has 26 heteroatoms. The van der Waals surface area contributed by atoms with E-state index in [9.17, 15) is 42.9 Å². The highest BCUT2D eigenvalue weighted by Crippen LogP contribution is 2.48. The monoisotopic (exact) mass is 1180 g/mol. The number of nitrogens with zero attached hydrogens (tertiary/aromatic N) is 6. The van der Waals surface area contributed by atoms with E-state index in [0.717, 1.165) is 42.4 Å². The van der Waals surface area contributed by atoms with E-state index in [1.165, 1.54) is 32.3 Å². The molecule has 0 aliphatic carbocycles. The van der Waals surface area contributed by atoms with Gasteiger partial charge in [-0.2, -0.15) is 8.42 Å². The van der Waals surface area contributed by atoms with Crippen LogP contribution < -0.4 is 5.73 Å². The van der Waals surface area contributed by atoms with Crippen LogP contribution in [0.1, 0.15) is 113 Å². The number of nitrogens with two attached hydrogens (primary N) is 1. The molecule has 0 spiro atoms. The van der Waals surface area contributed by atoms with E-state index in [0.29, 0.717) is 22.1 Å². The molecule has 80 heavy (non-hydrogen) atoms. The maximum Gasteiger partial charge on any atom is 0.317 e. The standard InChI is InChI=1S/C39H69N3O11Si.C15H12N4O5S2/c1-15-27-39(11)29(28(34(40)41-47)36(46)52-39)23(7)30(43)21(5)20-38(10,48-14)33(24(8)31(44)25(9)35(45)50-27)51-37-32(53-54(16-2,17-3)18-4)26(42(12)13)19-22(6)49-37;1-10(14-17-18-15(25-14)13-4-2-3-9-16-13)24-26(22,23)12-7-5-11(6-8-12)19(20)21/h21-29,32-33,37,47H,15-20H2,1-14H3,(H2,40,41);2-10H,1H3/t21-,22+,23-,24+,25-,26+,27+,28-,29+,32-,33-,37+,38-,39-;10-/m11/s1. The number of cyclic esters (lactones) is 1. The van der Waals surface area contributed by atoms with Crippen molar-refractivity contribution < 1.29 is 70.0 Å². The Bertz CT molecular complexity index is 2760. The number of esters is 2. The molecule has 23 nitrogen and oxygen atoms in total. The minimum Gasteiger partial charge on any atom is -0.458 e. The normalized spacial score (nSPS) is 31.5. The number of nitro benzene ring substituents is 1. The average molecular weight is 1180 g/mol. The minimum atomic E-state index is -4.10. The van der Waals surface area contributed by atoms with Gasteiger partial charge >= 0.3 is 11.9 Å². The predicted octanol–water partition coefficient (Wildman–Crippen LogP) is 7.91. The number of non-ortho nitro benzene ring substituents is 1. The maximum absolute atomic E-state index is 14.6. The van der Waals surface area contributed by atoms with Crippen LogP contribution in [0.25, 0.3) is 10.7 Å². The number of fused-ring (bicyclic) bond motifs is 1. The molecule has 5 heterocycles. The number of methoxy groups -OCH3 is 1. The Morgan fingerprint density at radius 1 is 0.975 bits per heavy atom. The summed E-state index contributed by atoms with van der Waals surface area (Å²) < 4.78 is 68.8. The van der Waals surface area contributed by atoms with Gasteiger partial charge in [0.2, 0.25) is 0 Å². The van der Waals surface area contributed by atoms with Gasteiger partial charge in [-0.15, -0.1) is 10.2 Å². The lowest BCUT2D eigenvalue weighted by molar-refractivity contribution is -0.384. The lowest BCUT2D eigenvalue weighted by atomic mass is 9.67. The first kappa shape index (κ1) is 65.6. The third-order valence-electron chi connectivity index (χ3n) is 16.4. The summed E-state index contributed by atoms with van der Waals surface area (Å²) in [4.78, 5) is 72.5. The van der Waals surface area contributed by atoms with Crippen LogP contribution in [0.2, 0.25) is 18.1 Å². The van der Waals surface area contributed by atoms with Crippen LogP contribution in [-0.4, -0.2) is 145 Å². The molecule has 3 aromatic rings. The van der Waals surface area contributed by atoms with Crippen molar-refractivity contribution in [2.75, 3.05) is 21.2 Å². The molecule has 3 saturated heterocycles. The highest BCUT2D eigenvalue weighted by molar-refractivity contribution is 7.86. The van der Waals surface area contributed by atoms with E-state index in [2.05, 4.69) is 46.0 Å². The Hall–Kier alpha value is -5.19. The Kier molecular flexibility index (Phi) is 22.4. The number of aromatic nitrogens is 3. The van der Waals surface area contributed by atoms with Crippen LogP contribution in [0, 0.1) is 45.6 Å². The summed E-state index contributed by atoms with van der Waals surface area (Å²) >= 11 is 1.17. The number of pyridine rings is 1. The summed E-state index contributed by atoms with van der Waals surface area (Å²) in [7, 11) is -0.770. The number of nitro groups is 1. The SMILES string of the molecule is CC[C@@H]1OC(=O)[C@H](C)C(=O)[C@H](C)[C@@H](O[C@@H]2O[C@@H](C)C[C@H](N(C)C)[C@H]2O[Si](CC)(CC)CC)[C@](C)(OC)C[C@@H](C)C(=O)[C@H](C)[C@H]2[C@H](/C(N)=N\O)C(=O)O[C@@]21C.C[C@@H](OS(=O)(=O)c1ccc([N+](=O)[O-])cc1)c1nnc(-c2ccccn2)s1. The molecular weight excluding hydrogens is 1090 g/mol. The molecule has 1 aromatic carbocycles. The number of ketones is 2. The summed E-state index contributed by atoms with van der Waals surface area (Å²) in [5, 5.41) is 32.3. The first-order valence-electron chi connectivity index (χ1n) is 27.1. The number of hydrogen-bond acceptors (Lipinski definition) is 22. The van der Waals surface area contributed by atoms with Crippen LogP contribution >= 0.6 is 11.3 Å². The fraction of sp³-hybridized carbons (Fsp3) is 0.667. The highest BCUT2D eigenvalue weighted by Gasteiger charge is 2.63. The smallest absolute Gasteiger partial charge is 0.317 e. The highest BCUT2D eigenvalue weighted by atomic mass is 32.2. The summed E-state index contributed by atoms with van der Waals surface area (Å²) in [6.07, 6.45) is -1.87. The van der Waals surface area contributed by atoms with E-state index in [-0.39, 0.29) is 41.4 Å². The molecule has 6 rings (SSSR count). The molecule has 444 valence electrons. The zero-order chi connectivity index (χ0) is 59.8. The summed E-state index contributed by atoms with van der Waals surface area (Å²) in [5.41, 5.74) is 3.69. The minimum absolute atomic E-state index is 0.0525. The van der Waals surface area contributed by atoms with Gasteiger partial charge in [0.25, 0.3) is 15.8 Å². The topological polar surface area (TPSA) is 311 Å². The summed E-state index contributed by atoms with van der Waals surface area (Å²) in [6, 6.07) is 12.5. The summed E-state index contributed by atoms with van der Waals surface area (Å²) in [5.74, 6) is -8.72. The number of oxime groups is 1. The Balaban J connectivity index is 0.000000374. The zero-order valence-electron chi connectivity index (χ0n) is 48.5. The third kappa shape index (κ3) is 14.3. The summed E-state index contributed by atoms with van der Waals surface area (Å²) in [6.45, 7) is 21.8. The van der Waals surface area contributed by atoms with Gasteiger partial charge in [0.15, 0.2) is 36.8 Å². The van der Waals surface area contributed by atoms with Gasteiger partial charge in [0.1, 0.15) is 46.6 Å². The molecule has 15 atom stereocenters. The van der Waals surface area contributed by atoms with Gasteiger partial charge < -0.3 is 44.0 Å². The number of hydrogen-bond donors (Lipinski definition) is 2. The van der Waals surface area contributed by atoms with Gasteiger partial charge in [0, 0.05) is 55.2 Å². The van der Waals surface area contributed by atoms with Crippen molar-refractivity contribution in [3.63, 3.8) is 0 Å². The Morgan fingerprint density at radius 3 is 2.15 bits per heavy atom. The quantitative estimate of drug-likeness (QED) is 0.0149. The second-order valence-electron chi connectivity index (χ2n) is 21.8. The average Bonchev–Trinajstić information content (AvgIpc) is 4.27. The van der Waals surface area contributed by atoms with Crippen LogP contribution in [0.15, 0.2) is 58.7 Å². The van der Waals surface area contributed by atoms with E-state index >= 15 is 0 Å². The van der Waals surface area contributed by atoms with E-state index in [1.54, 1.807) is 59.9 Å². The molecule has 3 fully saturated rings. The maximum atomic E-state index is 14.6. The van der Waals surface area contributed by atoms with Crippen molar-refractivity contribution in [1.82, 2.24) is 20.1 Å². The molecule has 3 aliphatic heterocycles. The fourth-order valence-corrected chi connectivity index (χ4v) is 16.2. The number of benzene rings is 1. The van der Waals surface area contributed by atoms with Gasteiger partial charge in [0.05, 0.1) is 27.6 Å². The molecule has 0 saturated carbocycles. The van der Waals surface area contributed by atoms with Crippen molar-refractivity contribution >= 4 is 64.8 Å². The molecule has 0 radical (unpaired) electrons. The van der Waals surface area contributed by atoms with Crippen LogP contribution in [0.3, 0.4) is 0 Å². The van der Waals surface area contributed by atoms with E-state index < -0.39 is 124 Å². The van der Waals surface area contributed by atoms with Gasteiger partial charge in [-0.1, -0.05) is 71.0 Å². The van der Waals surface area contributed by atoms with Crippen molar-refractivity contribution in [2.24, 2.45) is 46.4 Å². The lowest BCUT2D eigenvalue weighted by Gasteiger charge is -2.50. The number of ether oxygens (including phenoxy) is 5. The van der Waals surface area contributed by atoms with Crippen LogP contribution in [0.5, 0.6) is 0 Å². The second kappa shape index (κ2) is 27.3. The van der Waals surface area contributed by atoms with Crippen molar-refractivity contribution in [3.05, 3.63) is 63.8 Å². The van der Waals surface area contributed by atoms with E-state index in [1.807, 2.05) is 27.1 Å². The molecule has 0 amide bonds. The Morgan fingerprint density at radius 2 is 1.61 bits per heavy atom. The third-order valence-corrected chi connectivity index (χ3v) is 23.5. The number of carbonyl (C=O) groups excluding carboxylic acids is 4. The molecule has 0 bridgehead atoms. The predicted molar refractivity (Wildman–Crippen MR) is 298 cm³/mol. The first-order valence-corrected chi connectivity index (χ1v) is 31.9. The van der Waals surface area contributed by atoms with Gasteiger partial charge in [-0.25, -0.2) is 0 Å². The van der Waals surface area contributed by atoms with Crippen molar-refractivity contribution in [3.8, 4) is 10.7 Å². The first-order chi connectivity index (χ1) is 37.5. The molecule has 3 aliphatic rings. The van der Waals surface area contributed by atoms with Gasteiger partial charge in [-0.3, -0.25) is 38.5 Å². The molecule has 2 aromatic heterocycles. The number of likely N-dealkylation sites (N-methyl/N-ethyl adjacent to an activating group) is 1. The zero-order valence-corrected chi connectivity index (χ0v) is 51.1. The number of amidine groups is 1. The van der Waals surface area contributed by atoms with Gasteiger partial charge in [-0.05, 0) is 110 Å². The van der Waals surface area contributed by atoms with Crippen molar-refractivity contribution in [2.45, 2.75) is 179 Å². The molecular formula is C54H81N7O16S2Si. The van der Waals surface area contributed by atoms with Crippen molar-refractivity contribution in [1.29, 1.82) is 0 Å². The van der Waals surface area contributed by atoms with E-state index in [4.69, 9.17) is 38.0 Å². The van der Waals surface area contributed by atoms with Crippen LogP contribution in [-0.2, 0) is 61.6 Å². The largest absolute Gasteiger partial charge is 0.458 e. The molecule has 3 N–H and O–H groups in total.